The van der Waals surface area contributed by atoms with Crippen LogP contribution in [0.15, 0.2) is 30.6 Å². The molecule has 0 saturated carbocycles. The molecule has 4 rings (SSSR count). The van der Waals surface area contributed by atoms with Gasteiger partial charge in [-0.05, 0) is 12.1 Å². The van der Waals surface area contributed by atoms with Gasteiger partial charge in [0.1, 0.15) is 24.7 Å². The van der Waals surface area contributed by atoms with Gasteiger partial charge in [-0.1, -0.05) is 0 Å². The minimum absolute atomic E-state index is 0.0805. The fourth-order valence-corrected chi connectivity index (χ4v) is 3.17. The van der Waals surface area contributed by atoms with Gasteiger partial charge in [0.15, 0.2) is 11.5 Å². The zero-order valence-corrected chi connectivity index (χ0v) is 15.6. The van der Waals surface area contributed by atoms with Crippen LogP contribution in [0.25, 0.3) is 0 Å². The Bertz CT molecular complexity index is 878. The third-order valence-electron chi connectivity index (χ3n) is 4.72. The van der Waals surface area contributed by atoms with E-state index in [-0.39, 0.29) is 17.5 Å². The Labute approximate surface area is 162 Å². The second-order valence-corrected chi connectivity index (χ2v) is 6.57. The average molecular weight is 383 g/mol. The molecule has 0 aliphatic carbocycles. The largest absolute Gasteiger partial charge is 0.486 e. The van der Waals surface area contributed by atoms with Crippen molar-refractivity contribution in [3.8, 4) is 11.5 Å². The third-order valence-corrected chi connectivity index (χ3v) is 4.72. The van der Waals surface area contributed by atoms with Crippen molar-refractivity contribution in [1.29, 1.82) is 0 Å². The molecule has 1 fully saturated rings. The second-order valence-electron chi connectivity index (χ2n) is 6.57. The van der Waals surface area contributed by atoms with Crippen LogP contribution in [0.2, 0.25) is 0 Å². The first-order valence-electron chi connectivity index (χ1n) is 9.13. The van der Waals surface area contributed by atoms with Crippen molar-refractivity contribution in [2.45, 2.75) is 6.92 Å². The standard InChI is InChI=1S/C19H21N5O4/c1-13(25)23-4-6-24(7-5-23)18-12-20-15(11-21-18)19(26)22-14-2-3-16-17(10-14)28-9-8-27-16/h2-3,10-12H,4-9H2,1H3,(H,22,26). The lowest BCUT2D eigenvalue weighted by Gasteiger charge is -2.34. The van der Waals surface area contributed by atoms with Crippen LogP contribution < -0.4 is 19.7 Å². The zero-order chi connectivity index (χ0) is 19.5. The molecule has 2 aliphatic rings. The van der Waals surface area contributed by atoms with E-state index in [0.717, 1.165) is 0 Å². The van der Waals surface area contributed by atoms with Gasteiger partial charge in [-0.2, -0.15) is 0 Å². The third kappa shape index (κ3) is 3.83. The fraction of sp³-hybridized carbons (Fsp3) is 0.368. The highest BCUT2D eigenvalue weighted by Gasteiger charge is 2.20. The van der Waals surface area contributed by atoms with Crippen LogP contribution >= 0.6 is 0 Å². The number of rotatable bonds is 3. The van der Waals surface area contributed by atoms with Gasteiger partial charge in [-0.3, -0.25) is 9.59 Å². The molecule has 0 spiro atoms. The number of benzene rings is 1. The van der Waals surface area contributed by atoms with Crippen molar-refractivity contribution in [3.63, 3.8) is 0 Å². The lowest BCUT2D eigenvalue weighted by molar-refractivity contribution is -0.129. The smallest absolute Gasteiger partial charge is 0.275 e. The number of piperazine rings is 1. The van der Waals surface area contributed by atoms with Crippen LogP contribution in [0.3, 0.4) is 0 Å². The summed E-state index contributed by atoms with van der Waals surface area (Å²) in [7, 11) is 0. The molecular weight excluding hydrogens is 362 g/mol. The normalized spacial score (nSPS) is 15.9. The van der Waals surface area contributed by atoms with Gasteiger partial charge >= 0.3 is 0 Å². The number of nitrogens with one attached hydrogen (secondary N) is 1. The Morgan fingerprint density at radius 1 is 1.00 bits per heavy atom. The monoisotopic (exact) mass is 383 g/mol. The predicted molar refractivity (Wildman–Crippen MR) is 102 cm³/mol. The number of carbonyl (C=O) groups excluding carboxylic acids is 2. The Morgan fingerprint density at radius 3 is 2.43 bits per heavy atom. The lowest BCUT2D eigenvalue weighted by Crippen LogP contribution is -2.48. The van der Waals surface area contributed by atoms with Crippen molar-refractivity contribution in [2.24, 2.45) is 0 Å². The van der Waals surface area contributed by atoms with Gasteiger partial charge in [0.05, 0.1) is 12.4 Å². The summed E-state index contributed by atoms with van der Waals surface area (Å²) in [4.78, 5) is 36.3. The number of aromatic nitrogens is 2. The average Bonchev–Trinajstić information content (AvgIpc) is 2.74. The number of hydrogen-bond acceptors (Lipinski definition) is 7. The number of nitrogens with zero attached hydrogens (tertiary/aromatic N) is 4. The number of anilines is 2. The molecule has 2 amide bonds. The zero-order valence-electron chi connectivity index (χ0n) is 15.6. The number of fused-ring (bicyclic) bond motifs is 1. The molecule has 1 N–H and O–H groups in total. The van der Waals surface area contributed by atoms with Crippen molar-refractivity contribution in [1.82, 2.24) is 14.9 Å². The summed E-state index contributed by atoms with van der Waals surface area (Å²) in [6.07, 6.45) is 3.04. The van der Waals surface area contributed by atoms with E-state index in [1.807, 2.05) is 0 Å². The Balaban J connectivity index is 1.38. The topological polar surface area (TPSA) is 96.9 Å². The first-order chi connectivity index (χ1) is 13.6. The van der Waals surface area contributed by atoms with E-state index >= 15 is 0 Å². The Kier molecular flexibility index (Phi) is 4.96. The number of carbonyl (C=O) groups is 2. The minimum Gasteiger partial charge on any atom is -0.486 e. The van der Waals surface area contributed by atoms with Crippen LogP contribution in [0.4, 0.5) is 11.5 Å². The molecule has 0 atom stereocenters. The van der Waals surface area contributed by atoms with Crippen LogP contribution in [-0.2, 0) is 4.79 Å². The molecule has 2 aromatic rings. The molecule has 28 heavy (non-hydrogen) atoms. The predicted octanol–water partition coefficient (Wildman–Crippen LogP) is 1.17. The molecule has 1 aromatic heterocycles. The van der Waals surface area contributed by atoms with E-state index in [9.17, 15) is 9.59 Å². The number of amides is 2. The summed E-state index contributed by atoms with van der Waals surface area (Å²) in [6.45, 7) is 5.27. The van der Waals surface area contributed by atoms with Crippen molar-refractivity contribution in [2.75, 3.05) is 49.6 Å². The van der Waals surface area contributed by atoms with E-state index in [0.29, 0.717) is 62.4 Å². The first kappa shape index (κ1) is 18.0. The van der Waals surface area contributed by atoms with E-state index in [1.54, 1.807) is 36.2 Å². The van der Waals surface area contributed by atoms with Gasteiger partial charge in [0, 0.05) is 44.9 Å². The molecular formula is C19H21N5O4. The summed E-state index contributed by atoms with van der Waals surface area (Å²) in [6, 6.07) is 5.24. The highest BCUT2D eigenvalue weighted by molar-refractivity contribution is 6.02. The summed E-state index contributed by atoms with van der Waals surface area (Å²) in [5.41, 5.74) is 0.821. The minimum atomic E-state index is -0.350. The highest BCUT2D eigenvalue weighted by Crippen LogP contribution is 2.32. The van der Waals surface area contributed by atoms with Crippen molar-refractivity contribution in [3.05, 3.63) is 36.3 Å². The molecule has 9 heteroatoms. The van der Waals surface area contributed by atoms with Crippen LogP contribution in [0.1, 0.15) is 17.4 Å². The molecule has 1 saturated heterocycles. The molecule has 146 valence electrons. The lowest BCUT2D eigenvalue weighted by atomic mass is 10.2. The van der Waals surface area contributed by atoms with E-state index in [4.69, 9.17) is 9.47 Å². The molecule has 0 unspecified atom stereocenters. The van der Waals surface area contributed by atoms with Gasteiger partial charge in [-0.15, -0.1) is 0 Å². The molecule has 9 nitrogen and oxygen atoms in total. The van der Waals surface area contributed by atoms with E-state index in [2.05, 4.69) is 20.2 Å². The van der Waals surface area contributed by atoms with Crippen molar-refractivity contribution >= 4 is 23.3 Å². The van der Waals surface area contributed by atoms with Gasteiger partial charge < -0.3 is 24.6 Å². The SMILES string of the molecule is CC(=O)N1CCN(c2cnc(C(=O)Nc3ccc4c(c3)OCCO4)cn2)CC1. The fourth-order valence-electron chi connectivity index (χ4n) is 3.17. The van der Waals surface area contributed by atoms with Crippen LogP contribution in [0, 0.1) is 0 Å². The summed E-state index contributed by atoms with van der Waals surface area (Å²) >= 11 is 0. The van der Waals surface area contributed by atoms with Gasteiger partial charge in [0.25, 0.3) is 5.91 Å². The number of hydrogen-bond donors (Lipinski definition) is 1. The molecule has 3 heterocycles. The maximum absolute atomic E-state index is 12.4. The van der Waals surface area contributed by atoms with Gasteiger partial charge in [0.2, 0.25) is 5.91 Å². The number of ether oxygens (including phenoxy) is 2. The van der Waals surface area contributed by atoms with Crippen molar-refractivity contribution < 1.29 is 19.1 Å². The first-order valence-corrected chi connectivity index (χ1v) is 9.13. The van der Waals surface area contributed by atoms with E-state index < -0.39 is 0 Å². The molecule has 2 aliphatic heterocycles. The maximum atomic E-state index is 12.4. The maximum Gasteiger partial charge on any atom is 0.275 e. The molecule has 0 bridgehead atoms. The summed E-state index contributed by atoms with van der Waals surface area (Å²) < 4.78 is 11.0. The Morgan fingerprint density at radius 2 is 1.75 bits per heavy atom. The Hall–Kier alpha value is -3.36. The quantitative estimate of drug-likeness (QED) is 0.850. The van der Waals surface area contributed by atoms with Crippen LogP contribution in [0.5, 0.6) is 11.5 Å². The second kappa shape index (κ2) is 7.71. The van der Waals surface area contributed by atoms with Crippen LogP contribution in [-0.4, -0.2) is 66.1 Å². The summed E-state index contributed by atoms with van der Waals surface area (Å²) in [5.74, 6) is 1.70. The summed E-state index contributed by atoms with van der Waals surface area (Å²) in [5, 5.41) is 2.79. The molecule has 1 aromatic carbocycles. The highest BCUT2D eigenvalue weighted by atomic mass is 16.6. The van der Waals surface area contributed by atoms with E-state index in [1.165, 1.54) is 6.20 Å². The van der Waals surface area contributed by atoms with Gasteiger partial charge in [-0.25, -0.2) is 9.97 Å². The molecule has 0 radical (unpaired) electrons.